The SMILES string of the molecule is COc1cc2c(cc1-c1cccc(C(F)(F)F)c1)-c1c(-c3cccs3)nc(C(=O)NCC(C)(C)C)n1CC2. The number of carbonyl (C=O) groups is 1. The zero-order valence-corrected chi connectivity index (χ0v) is 22.4. The summed E-state index contributed by atoms with van der Waals surface area (Å²) in [7, 11) is 1.51. The molecule has 1 aliphatic heterocycles. The lowest BCUT2D eigenvalue weighted by Crippen LogP contribution is -2.34. The van der Waals surface area contributed by atoms with Gasteiger partial charge in [-0.2, -0.15) is 13.2 Å². The van der Waals surface area contributed by atoms with E-state index >= 15 is 0 Å². The minimum absolute atomic E-state index is 0.0907. The van der Waals surface area contributed by atoms with Gasteiger partial charge in [0.2, 0.25) is 0 Å². The Morgan fingerprint density at radius 1 is 1.11 bits per heavy atom. The lowest BCUT2D eigenvalue weighted by molar-refractivity contribution is -0.137. The number of fused-ring (bicyclic) bond motifs is 3. The summed E-state index contributed by atoms with van der Waals surface area (Å²) < 4.78 is 48.0. The molecule has 0 saturated heterocycles. The molecule has 198 valence electrons. The van der Waals surface area contributed by atoms with Crippen LogP contribution >= 0.6 is 11.3 Å². The largest absolute Gasteiger partial charge is 0.496 e. The van der Waals surface area contributed by atoms with Gasteiger partial charge in [-0.3, -0.25) is 4.79 Å². The lowest BCUT2D eigenvalue weighted by Gasteiger charge is -2.24. The predicted molar refractivity (Wildman–Crippen MR) is 143 cm³/mol. The van der Waals surface area contributed by atoms with Gasteiger partial charge in [0.05, 0.1) is 23.2 Å². The van der Waals surface area contributed by atoms with Crippen molar-refractivity contribution < 1.29 is 22.7 Å². The lowest BCUT2D eigenvalue weighted by atomic mass is 9.91. The number of methoxy groups -OCH3 is 1. The van der Waals surface area contributed by atoms with Crippen molar-refractivity contribution in [3.8, 4) is 38.7 Å². The highest BCUT2D eigenvalue weighted by molar-refractivity contribution is 7.13. The van der Waals surface area contributed by atoms with E-state index in [2.05, 4.69) is 5.32 Å². The van der Waals surface area contributed by atoms with Crippen molar-refractivity contribution in [1.29, 1.82) is 0 Å². The van der Waals surface area contributed by atoms with Crippen LogP contribution in [0.2, 0.25) is 0 Å². The van der Waals surface area contributed by atoms with Gasteiger partial charge in [-0.1, -0.05) is 39.0 Å². The Morgan fingerprint density at radius 2 is 1.89 bits per heavy atom. The van der Waals surface area contributed by atoms with Crippen LogP contribution in [0.15, 0.2) is 53.9 Å². The molecule has 1 aliphatic rings. The average Bonchev–Trinajstić information content (AvgIpc) is 3.54. The van der Waals surface area contributed by atoms with E-state index in [1.54, 1.807) is 6.07 Å². The summed E-state index contributed by atoms with van der Waals surface area (Å²) in [6, 6.07) is 12.9. The zero-order valence-electron chi connectivity index (χ0n) is 21.6. The summed E-state index contributed by atoms with van der Waals surface area (Å²) >= 11 is 1.52. The summed E-state index contributed by atoms with van der Waals surface area (Å²) in [4.78, 5) is 19.0. The number of thiophene rings is 1. The molecule has 5 rings (SSSR count). The molecular weight excluding hydrogens is 511 g/mol. The molecule has 0 fully saturated rings. The second-order valence-corrected chi connectivity index (χ2v) is 11.5. The number of nitrogens with zero attached hydrogens (tertiary/aromatic N) is 2. The number of rotatable bonds is 5. The van der Waals surface area contributed by atoms with Gasteiger partial charge in [0, 0.05) is 24.2 Å². The molecule has 1 N–H and O–H groups in total. The van der Waals surface area contributed by atoms with Gasteiger partial charge in [0.15, 0.2) is 5.82 Å². The summed E-state index contributed by atoms with van der Waals surface area (Å²) in [6.07, 6.45) is -3.83. The summed E-state index contributed by atoms with van der Waals surface area (Å²) in [6.45, 7) is 7.18. The van der Waals surface area contributed by atoms with E-state index in [-0.39, 0.29) is 11.3 Å². The number of hydrogen-bond acceptors (Lipinski definition) is 4. The third kappa shape index (κ3) is 4.95. The first kappa shape index (κ1) is 26.0. The molecule has 5 nitrogen and oxygen atoms in total. The second kappa shape index (κ2) is 9.62. The fraction of sp³-hybridized carbons (Fsp3) is 0.310. The standard InChI is InChI=1S/C29H28F3N3O2S/c1-28(2,3)16-33-27(36)26-34-24(23-9-6-12-38-23)25-21-15-20(17-7-5-8-19(13-17)29(30,31)32)22(37-4)14-18(21)10-11-35(25)26/h5-9,12-15H,10-11,16H2,1-4H3,(H,33,36). The summed E-state index contributed by atoms with van der Waals surface area (Å²) in [5, 5.41) is 4.95. The number of aromatic nitrogens is 2. The molecule has 0 radical (unpaired) electrons. The van der Waals surface area contributed by atoms with Crippen molar-refractivity contribution in [2.24, 2.45) is 5.41 Å². The van der Waals surface area contributed by atoms with Crippen LogP contribution in [0.1, 0.15) is 42.5 Å². The van der Waals surface area contributed by atoms with Gasteiger partial charge in [0.1, 0.15) is 11.4 Å². The minimum atomic E-state index is -4.46. The van der Waals surface area contributed by atoms with Gasteiger partial charge in [-0.15, -0.1) is 11.3 Å². The Bertz CT molecular complexity index is 1500. The Hall–Kier alpha value is -3.59. The molecule has 1 amide bonds. The first-order valence-electron chi connectivity index (χ1n) is 12.3. The van der Waals surface area contributed by atoms with Crippen molar-refractivity contribution in [3.05, 3.63) is 70.9 Å². The molecule has 0 bridgehead atoms. The summed E-state index contributed by atoms with van der Waals surface area (Å²) in [5.41, 5.74) is 3.41. The number of halogens is 3. The van der Waals surface area contributed by atoms with E-state index in [4.69, 9.17) is 9.72 Å². The van der Waals surface area contributed by atoms with E-state index in [9.17, 15) is 18.0 Å². The van der Waals surface area contributed by atoms with Crippen molar-refractivity contribution in [3.63, 3.8) is 0 Å². The molecule has 2 aromatic heterocycles. The Kier molecular flexibility index (Phi) is 6.59. The highest BCUT2D eigenvalue weighted by Gasteiger charge is 2.32. The molecule has 0 atom stereocenters. The molecule has 0 spiro atoms. The average molecular weight is 540 g/mol. The smallest absolute Gasteiger partial charge is 0.416 e. The van der Waals surface area contributed by atoms with E-state index in [1.807, 2.05) is 55.0 Å². The first-order valence-corrected chi connectivity index (χ1v) is 13.2. The second-order valence-electron chi connectivity index (χ2n) is 10.5. The zero-order chi connectivity index (χ0) is 27.2. The maximum atomic E-state index is 13.5. The number of benzene rings is 2. The van der Waals surface area contributed by atoms with Crippen LogP contribution in [-0.2, 0) is 19.1 Å². The molecule has 3 heterocycles. The molecule has 2 aromatic carbocycles. The van der Waals surface area contributed by atoms with Gasteiger partial charge in [0.25, 0.3) is 5.91 Å². The monoisotopic (exact) mass is 539 g/mol. The first-order chi connectivity index (χ1) is 18.0. The number of imidazole rings is 1. The number of carbonyl (C=O) groups excluding carboxylic acids is 1. The molecule has 4 aromatic rings. The predicted octanol–water partition coefficient (Wildman–Crippen LogP) is 7.31. The van der Waals surface area contributed by atoms with Crippen molar-refractivity contribution >= 4 is 17.2 Å². The number of nitrogens with one attached hydrogen (secondary N) is 1. The Morgan fingerprint density at radius 3 is 2.55 bits per heavy atom. The van der Waals surface area contributed by atoms with Crippen LogP contribution in [0.5, 0.6) is 5.75 Å². The van der Waals surface area contributed by atoms with Crippen LogP contribution in [0, 0.1) is 5.41 Å². The highest BCUT2D eigenvalue weighted by atomic mass is 32.1. The van der Waals surface area contributed by atoms with Gasteiger partial charge in [-0.25, -0.2) is 4.98 Å². The molecule has 0 saturated carbocycles. The van der Waals surface area contributed by atoms with Crippen molar-refractivity contribution in [2.75, 3.05) is 13.7 Å². The number of ether oxygens (including phenoxy) is 1. The number of amides is 1. The fourth-order valence-corrected chi connectivity index (χ4v) is 5.38. The summed E-state index contributed by atoms with van der Waals surface area (Å²) in [5.74, 6) is 0.575. The van der Waals surface area contributed by atoms with Crippen molar-refractivity contribution in [2.45, 2.75) is 39.9 Å². The van der Waals surface area contributed by atoms with Crippen LogP contribution < -0.4 is 10.1 Å². The van der Waals surface area contributed by atoms with E-state index in [0.717, 1.165) is 33.8 Å². The minimum Gasteiger partial charge on any atom is -0.496 e. The van der Waals surface area contributed by atoms with E-state index < -0.39 is 11.7 Å². The maximum absolute atomic E-state index is 13.5. The fourth-order valence-electron chi connectivity index (χ4n) is 4.67. The van der Waals surface area contributed by atoms with E-state index in [1.165, 1.54) is 24.5 Å². The highest BCUT2D eigenvalue weighted by Crippen LogP contribution is 2.44. The van der Waals surface area contributed by atoms with Gasteiger partial charge >= 0.3 is 6.18 Å². The molecular formula is C29H28F3N3O2S. The quantitative estimate of drug-likeness (QED) is 0.289. The van der Waals surface area contributed by atoms with Gasteiger partial charge in [-0.05, 0) is 58.7 Å². The molecule has 0 aliphatic carbocycles. The molecule has 0 unspecified atom stereocenters. The Labute approximate surface area is 223 Å². The van der Waals surface area contributed by atoms with Crippen LogP contribution in [0.25, 0.3) is 33.0 Å². The van der Waals surface area contributed by atoms with E-state index in [0.29, 0.717) is 47.9 Å². The normalized spacial score (nSPS) is 13.1. The van der Waals surface area contributed by atoms with Crippen LogP contribution in [-0.4, -0.2) is 29.1 Å². The number of alkyl halides is 3. The molecule has 9 heteroatoms. The third-order valence-corrected chi connectivity index (χ3v) is 7.37. The topological polar surface area (TPSA) is 56.1 Å². The molecule has 38 heavy (non-hydrogen) atoms. The maximum Gasteiger partial charge on any atom is 0.416 e. The number of hydrogen-bond donors (Lipinski definition) is 1. The Balaban J connectivity index is 1.69. The third-order valence-electron chi connectivity index (χ3n) is 6.49. The number of aryl methyl sites for hydroxylation is 1. The van der Waals surface area contributed by atoms with Crippen LogP contribution in [0.4, 0.5) is 13.2 Å². The van der Waals surface area contributed by atoms with Crippen LogP contribution in [0.3, 0.4) is 0 Å². The van der Waals surface area contributed by atoms with Gasteiger partial charge < -0.3 is 14.6 Å². The van der Waals surface area contributed by atoms with Crippen molar-refractivity contribution in [1.82, 2.24) is 14.9 Å².